The van der Waals surface area contributed by atoms with Crippen molar-refractivity contribution >= 4 is 21.4 Å². The molecular formula is C14H23N3O3S. The van der Waals surface area contributed by atoms with Crippen LogP contribution in [0.25, 0.3) is 0 Å². The summed E-state index contributed by atoms with van der Waals surface area (Å²) in [6.45, 7) is 0.624. The van der Waals surface area contributed by atoms with Crippen molar-refractivity contribution in [3.05, 3.63) is 18.2 Å². The Bertz CT molecular complexity index is 604. The molecule has 1 fully saturated rings. The van der Waals surface area contributed by atoms with Gasteiger partial charge in [0.15, 0.2) is 0 Å². The monoisotopic (exact) mass is 313 g/mol. The molecule has 2 rings (SSSR count). The highest BCUT2D eigenvalue weighted by molar-refractivity contribution is 7.89. The van der Waals surface area contributed by atoms with Crippen LogP contribution in [0.1, 0.15) is 19.3 Å². The van der Waals surface area contributed by atoms with Crippen LogP contribution < -0.4 is 11.1 Å². The predicted molar refractivity (Wildman–Crippen MR) is 83.8 cm³/mol. The Labute approximate surface area is 126 Å². The lowest BCUT2D eigenvalue weighted by atomic mass is 9.80. The number of nitrogens with zero attached hydrogens (tertiary/aromatic N) is 1. The quantitative estimate of drug-likeness (QED) is 0.778. The molecule has 0 heterocycles. The van der Waals surface area contributed by atoms with Gasteiger partial charge in [-0.3, -0.25) is 0 Å². The van der Waals surface area contributed by atoms with Crippen molar-refractivity contribution in [1.82, 2.24) is 4.31 Å². The number of nitrogen functional groups attached to an aromatic ring is 1. The van der Waals surface area contributed by atoms with Gasteiger partial charge >= 0.3 is 0 Å². The second-order valence-corrected chi connectivity index (χ2v) is 7.72. The number of benzene rings is 1. The predicted octanol–water partition coefficient (Wildman–Crippen LogP) is 1.50. The van der Waals surface area contributed by atoms with Gasteiger partial charge in [-0.05, 0) is 31.4 Å². The zero-order valence-electron chi connectivity index (χ0n) is 12.7. The van der Waals surface area contributed by atoms with Crippen molar-refractivity contribution in [3.8, 4) is 0 Å². The van der Waals surface area contributed by atoms with Crippen molar-refractivity contribution < 1.29 is 13.2 Å². The number of nitrogens with one attached hydrogen (secondary N) is 1. The van der Waals surface area contributed by atoms with Crippen LogP contribution in [-0.4, -0.2) is 46.1 Å². The Hall–Kier alpha value is -1.31. The molecule has 0 spiro atoms. The van der Waals surface area contributed by atoms with Gasteiger partial charge in [0.1, 0.15) is 4.90 Å². The summed E-state index contributed by atoms with van der Waals surface area (Å²) in [7, 11) is 1.14. The van der Waals surface area contributed by atoms with E-state index in [1.54, 1.807) is 19.2 Å². The Morgan fingerprint density at radius 3 is 2.52 bits per heavy atom. The molecule has 0 aromatic heterocycles. The molecule has 1 aliphatic carbocycles. The highest BCUT2D eigenvalue weighted by Gasteiger charge is 2.36. The zero-order chi connectivity index (χ0) is 15.7. The molecule has 0 atom stereocenters. The number of hydrogen-bond donors (Lipinski definition) is 2. The lowest BCUT2D eigenvalue weighted by molar-refractivity contribution is -0.0601. The van der Waals surface area contributed by atoms with E-state index in [1.165, 1.54) is 20.2 Å². The fourth-order valence-electron chi connectivity index (χ4n) is 2.40. The van der Waals surface area contributed by atoms with E-state index >= 15 is 0 Å². The van der Waals surface area contributed by atoms with Crippen LogP contribution in [-0.2, 0) is 14.8 Å². The molecule has 7 heteroatoms. The Morgan fingerprint density at radius 2 is 2.05 bits per heavy atom. The molecular weight excluding hydrogens is 290 g/mol. The average Bonchev–Trinajstić information content (AvgIpc) is 2.39. The van der Waals surface area contributed by atoms with Crippen LogP contribution in [0.15, 0.2) is 23.1 Å². The molecule has 21 heavy (non-hydrogen) atoms. The van der Waals surface area contributed by atoms with Gasteiger partial charge in [0.2, 0.25) is 10.0 Å². The van der Waals surface area contributed by atoms with Gasteiger partial charge in [-0.1, -0.05) is 6.07 Å². The minimum absolute atomic E-state index is 0.123. The van der Waals surface area contributed by atoms with Gasteiger partial charge in [0.05, 0.1) is 17.0 Å². The van der Waals surface area contributed by atoms with Gasteiger partial charge in [-0.15, -0.1) is 0 Å². The number of sulfonamides is 1. The summed E-state index contributed by atoms with van der Waals surface area (Å²) in [6.07, 6.45) is 3.16. The summed E-state index contributed by atoms with van der Waals surface area (Å²) in [6, 6.07) is 4.99. The summed E-state index contributed by atoms with van der Waals surface area (Å²) >= 11 is 0. The fourth-order valence-corrected chi connectivity index (χ4v) is 3.43. The number of methoxy groups -OCH3 is 1. The maximum atomic E-state index is 12.2. The Morgan fingerprint density at radius 1 is 1.38 bits per heavy atom. The zero-order valence-corrected chi connectivity index (χ0v) is 13.5. The van der Waals surface area contributed by atoms with Crippen LogP contribution >= 0.6 is 0 Å². The third-order valence-corrected chi connectivity index (χ3v) is 6.00. The normalized spacial score (nSPS) is 17.5. The van der Waals surface area contributed by atoms with E-state index in [2.05, 4.69) is 5.32 Å². The van der Waals surface area contributed by atoms with Crippen molar-refractivity contribution in [2.24, 2.45) is 0 Å². The first-order valence-electron chi connectivity index (χ1n) is 6.92. The summed E-state index contributed by atoms with van der Waals surface area (Å²) in [4.78, 5) is 0.123. The maximum absolute atomic E-state index is 12.2. The molecule has 0 unspecified atom stereocenters. The SMILES string of the molecule is COC1(CNc2cccc(S(=O)(=O)N(C)C)c2N)CCC1. The number of hydrogen-bond acceptors (Lipinski definition) is 5. The lowest BCUT2D eigenvalue weighted by Gasteiger charge is -2.40. The Kier molecular flexibility index (Phi) is 4.46. The van der Waals surface area contributed by atoms with Crippen LogP contribution in [0.5, 0.6) is 0 Å². The van der Waals surface area contributed by atoms with Crippen LogP contribution in [0.3, 0.4) is 0 Å². The molecule has 1 aromatic rings. The number of nitrogens with two attached hydrogens (primary N) is 1. The van der Waals surface area contributed by atoms with E-state index < -0.39 is 10.0 Å². The van der Waals surface area contributed by atoms with Crippen LogP contribution in [0.4, 0.5) is 11.4 Å². The Balaban J connectivity index is 2.22. The van der Waals surface area contributed by atoms with E-state index in [-0.39, 0.29) is 16.2 Å². The third kappa shape index (κ3) is 3.00. The molecule has 3 N–H and O–H groups in total. The van der Waals surface area contributed by atoms with Crippen molar-refractivity contribution in [3.63, 3.8) is 0 Å². The number of rotatable bonds is 6. The van der Waals surface area contributed by atoms with Crippen LogP contribution in [0, 0.1) is 0 Å². The second kappa shape index (κ2) is 5.82. The summed E-state index contributed by atoms with van der Waals surface area (Å²) in [5, 5.41) is 3.23. The lowest BCUT2D eigenvalue weighted by Crippen LogP contribution is -2.45. The highest BCUT2D eigenvalue weighted by atomic mass is 32.2. The molecule has 0 aliphatic heterocycles. The van der Waals surface area contributed by atoms with Crippen molar-refractivity contribution in [2.75, 3.05) is 38.8 Å². The van der Waals surface area contributed by atoms with E-state index in [4.69, 9.17) is 10.5 Å². The summed E-state index contributed by atoms with van der Waals surface area (Å²) < 4.78 is 31.1. The third-order valence-electron chi connectivity index (χ3n) is 4.12. The molecule has 0 radical (unpaired) electrons. The summed E-state index contributed by atoms with van der Waals surface area (Å²) in [5.41, 5.74) is 6.75. The van der Waals surface area contributed by atoms with Crippen molar-refractivity contribution in [1.29, 1.82) is 0 Å². The van der Waals surface area contributed by atoms with E-state index in [0.29, 0.717) is 12.2 Å². The van der Waals surface area contributed by atoms with Gasteiger partial charge in [-0.2, -0.15) is 0 Å². The molecule has 1 aliphatic rings. The van der Waals surface area contributed by atoms with Crippen LogP contribution in [0.2, 0.25) is 0 Å². The summed E-state index contributed by atoms with van der Waals surface area (Å²) in [5.74, 6) is 0. The topological polar surface area (TPSA) is 84.7 Å². The first-order valence-corrected chi connectivity index (χ1v) is 8.36. The van der Waals surface area contributed by atoms with Gasteiger partial charge in [-0.25, -0.2) is 12.7 Å². The molecule has 0 bridgehead atoms. The first kappa shape index (κ1) is 16.1. The van der Waals surface area contributed by atoms with Crippen molar-refractivity contribution in [2.45, 2.75) is 29.8 Å². The minimum Gasteiger partial charge on any atom is -0.396 e. The van der Waals surface area contributed by atoms with E-state index in [9.17, 15) is 8.42 Å². The highest BCUT2D eigenvalue weighted by Crippen LogP contribution is 2.36. The molecule has 1 aromatic carbocycles. The molecule has 0 saturated heterocycles. The molecule has 1 saturated carbocycles. The second-order valence-electron chi connectivity index (χ2n) is 5.60. The molecule has 118 valence electrons. The standard InChI is InChI=1S/C14H23N3O3S/c1-17(2)21(18,19)12-7-4-6-11(13(12)15)16-10-14(20-3)8-5-9-14/h4,6-7,16H,5,8-10,15H2,1-3H3. The fraction of sp³-hybridized carbons (Fsp3) is 0.571. The maximum Gasteiger partial charge on any atom is 0.244 e. The smallest absolute Gasteiger partial charge is 0.244 e. The van der Waals surface area contributed by atoms with E-state index in [0.717, 1.165) is 23.6 Å². The minimum atomic E-state index is -3.54. The molecule has 0 amide bonds. The van der Waals surface area contributed by atoms with Gasteiger partial charge in [0, 0.05) is 27.7 Å². The van der Waals surface area contributed by atoms with Gasteiger partial charge in [0.25, 0.3) is 0 Å². The van der Waals surface area contributed by atoms with Gasteiger partial charge < -0.3 is 15.8 Å². The first-order chi connectivity index (χ1) is 9.82. The average molecular weight is 313 g/mol. The number of para-hydroxylation sites is 1. The largest absolute Gasteiger partial charge is 0.396 e. The van der Waals surface area contributed by atoms with E-state index in [1.807, 2.05) is 0 Å². The number of anilines is 2. The molecule has 6 nitrogen and oxygen atoms in total. The number of ether oxygens (including phenoxy) is 1.